The summed E-state index contributed by atoms with van der Waals surface area (Å²) in [6, 6.07) is 0. The highest BCUT2D eigenvalue weighted by Gasteiger charge is 2.35. The number of amides is 2. The van der Waals surface area contributed by atoms with E-state index in [0.29, 0.717) is 38.2 Å². The maximum atomic E-state index is 12.1. The predicted molar refractivity (Wildman–Crippen MR) is 219 cm³/mol. The van der Waals surface area contributed by atoms with Gasteiger partial charge < -0.3 is 45.6 Å². The molecule has 1 heterocycles. The van der Waals surface area contributed by atoms with E-state index in [0.717, 1.165) is 103 Å². The molecule has 0 saturated heterocycles. The van der Waals surface area contributed by atoms with Crippen LogP contribution in [0.15, 0.2) is 5.10 Å². The Balaban J connectivity index is 0.000000410. The SMILES string of the molecule is C.CCOC(=O)CC1(O)CCCC1.CN(CC1=NN(CCC2(O)CCCC2)C(=O)C1)C(=O)OC(C)(C)C.NCCCC1(O)CCCC1.OCCC1(O)CCCC1. The molecule has 14 nitrogen and oxygen atoms in total. The van der Waals surface area contributed by atoms with Crippen LogP contribution in [0.1, 0.15) is 176 Å². The number of hydrogen-bond donors (Lipinski definition) is 6. The summed E-state index contributed by atoms with van der Waals surface area (Å²) < 4.78 is 10.1. The van der Waals surface area contributed by atoms with Gasteiger partial charge in [0.15, 0.2) is 0 Å². The van der Waals surface area contributed by atoms with Crippen LogP contribution < -0.4 is 5.73 Å². The van der Waals surface area contributed by atoms with Crippen LogP contribution in [0.4, 0.5) is 4.79 Å². The van der Waals surface area contributed by atoms with Crippen molar-refractivity contribution in [3.8, 4) is 0 Å². The second kappa shape index (κ2) is 24.5. The Morgan fingerprint density at radius 2 is 1.25 bits per heavy atom. The van der Waals surface area contributed by atoms with E-state index in [1.807, 2.05) is 20.8 Å². The molecule has 5 aliphatic rings. The van der Waals surface area contributed by atoms with E-state index in [9.17, 15) is 34.8 Å². The number of ether oxygens (including phenoxy) is 2. The van der Waals surface area contributed by atoms with Gasteiger partial charge in [0.2, 0.25) is 5.91 Å². The van der Waals surface area contributed by atoms with Gasteiger partial charge in [-0.2, -0.15) is 5.10 Å². The maximum Gasteiger partial charge on any atom is 0.410 e. The van der Waals surface area contributed by atoms with E-state index in [-0.39, 0.29) is 50.9 Å². The van der Waals surface area contributed by atoms with Gasteiger partial charge in [0.1, 0.15) is 5.60 Å². The summed E-state index contributed by atoms with van der Waals surface area (Å²) in [7, 11) is 1.63. The van der Waals surface area contributed by atoms with Crippen molar-refractivity contribution in [1.82, 2.24) is 9.91 Å². The van der Waals surface area contributed by atoms with Crippen LogP contribution in [0.5, 0.6) is 0 Å². The monoisotopic (exact) mass is 801 g/mol. The van der Waals surface area contributed by atoms with Crippen molar-refractivity contribution in [1.29, 1.82) is 0 Å². The van der Waals surface area contributed by atoms with Crippen LogP contribution >= 0.6 is 0 Å². The third-order valence-corrected chi connectivity index (χ3v) is 11.2. The first-order valence-electron chi connectivity index (χ1n) is 20.9. The van der Waals surface area contributed by atoms with Crippen LogP contribution in [0.2, 0.25) is 0 Å². The van der Waals surface area contributed by atoms with Crippen LogP contribution in [0.3, 0.4) is 0 Å². The number of nitrogens with zero attached hydrogens (tertiary/aromatic N) is 3. The fraction of sp³-hybridized carbons (Fsp3) is 0.905. The third kappa shape index (κ3) is 19.9. The van der Waals surface area contributed by atoms with Gasteiger partial charge in [0.05, 0.1) is 54.1 Å². The summed E-state index contributed by atoms with van der Waals surface area (Å²) >= 11 is 0. The molecule has 0 aromatic heterocycles. The molecule has 4 fully saturated rings. The van der Waals surface area contributed by atoms with Gasteiger partial charge in [-0.1, -0.05) is 58.8 Å². The van der Waals surface area contributed by atoms with Gasteiger partial charge in [-0.3, -0.25) is 9.59 Å². The predicted octanol–water partition coefficient (Wildman–Crippen LogP) is 5.72. The van der Waals surface area contributed by atoms with E-state index in [2.05, 4.69) is 5.10 Å². The first-order valence-corrected chi connectivity index (χ1v) is 20.9. The molecule has 0 aromatic carbocycles. The van der Waals surface area contributed by atoms with Crippen molar-refractivity contribution >= 4 is 23.7 Å². The van der Waals surface area contributed by atoms with Crippen LogP contribution in [0.25, 0.3) is 0 Å². The molecule has 4 aliphatic carbocycles. The van der Waals surface area contributed by atoms with Crippen molar-refractivity contribution < 1.29 is 49.4 Å². The van der Waals surface area contributed by atoms with Crippen molar-refractivity contribution in [2.75, 3.05) is 39.9 Å². The molecule has 4 saturated carbocycles. The molecule has 7 N–H and O–H groups in total. The molecule has 0 bridgehead atoms. The Kier molecular flexibility index (Phi) is 22.6. The van der Waals surface area contributed by atoms with Crippen molar-refractivity contribution in [3.05, 3.63) is 0 Å². The van der Waals surface area contributed by atoms with Gasteiger partial charge in [-0.15, -0.1) is 0 Å². The normalized spacial score (nSPS) is 21.3. The van der Waals surface area contributed by atoms with Crippen molar-refractivity contribution in [3.63, 3.8) is 0 Å². The minimum absolute atomic E-state index is 0. The zero-order chi connectivity index (χ0) is 41.2. The van der Waals surface area contributed by atoms with Gasteiger partial charge in [0.25, 0.3) is 0 Å². The lowest BCUT2D eigenvalue weighted by Crippen LogP contribution is -2.37. The van der Waals surface area contributed by atoms with E-state index < -0.39 is 28.5 Å². The molecule has 0 radical (unpaired) electrons. The topological polar surface area (TPSA) is 216 Å². The maximum absolute atomic E-state index is 12.1. The van der Waals surface area contributed by atoms with Gasteiger partial charge in [0, 0.05) is 20.2 Å². The number of aliphatic hydroxyl groups excluding tert-OH is 1. The number of carbonyl (C=O) groups excluding carboxylic acids is 3. The number of nitrogens with two attached hydrogens (primary N) is 1. The smallest absolute Gasteiger partial charge is 0.410 e. The van der Waals surface area contributed by atoms with Crippen molar-refractivity contribution in [2.45, 2.75) is 204 Å². The van der Waals surface area contributed by atoms with Crippen molar-refractivity contribution in [2.24, 2.45) is 10.8 Å². The Hall–Kier alpha value is -2.36. The minimum atomic E-state index is -0.758. The van der Waals surface area contributed by atoms with Crippen LogP contribution in [-0.4, -0.2) is 127 Å². The highest BCUT2D eigenvalue weighted by Crippen LogP contribution is 2.35. The molecule has 5 rings (SSSR count). The first kappa shape index (κ1) is 51.7. The highest BCUT2D eigenvalue weighted by molar-refractivity contribution is 6.06. The fourth-order valence-corrected chi connectivity index (χ4v) is 7.96. The van der Waals surface area contributed by atoms with Crippen LogP contribution in [0, 0.1) is 0 Å². The zero-order valence-corrected chi connectivity index (χ0v) is 34.8. The summed E-state index contributed by atoms with van der Waals surface area (Å²) in [6.45, 7) is 9.13. The van der Waals surface area contributed by atoms with E-state index >= 15 is 0 Å². The summed E-state index contributed by atoms with van der Waals surface area (Å²) in [5, 5.41) is 53.7. The molecule has 2 amide bonds. The summed E-state index contributed by atoms with van der Waals surface area (Å²) in [5.41, 5.74) is 3.20. The summed E-state index contributed by atoms with van der Waals surface area (Å²) in [6.07, 6.45) is 18.5. The second-order valence-corrected chi connectivity index (χ2v) is 17.5. The van der Waals surface area contributed by atoms with Gasteiger partial charge in [-0.05, 0) is 111 Å². The zero-order valence-electron chi connectivity index (χ0n) is 34.8. The van der Waals surface area contributed by atoms with E-state index in [4.69, 9.17) is 20.3 Å². The molecule has 56 heavy (non-hydrogen) atoms. The second-order valence-electron chi connectivity index (χ2n) is 17.5. The largest absolute Gasteiger partial charge is 0.466 e. The van der Waals surface area contributed by atoms with Crippen LogP contribution in [-0.2, 0) is 19.1 Å². The molecular weight excluding hydrogens is 720 g/mol. The van der Waals surface area contributed by atoms with E-state index in [1.54, 1.807) is 14.0 Å². The molecule has 0 aromatic rings. The van der Waals surface area contributed by atoms with Gasteiger partial charge >= 0.3 is 12.1 Å². The number of aliphatic hydroxyl groups is 5. The number of carbonyl (C=O) groups is 3. The Bertz CT molecular complexity index is 1180. The quantitative estimate of drug-likeness (QED) is 0.124. The summed E-state index contributed by atoms with van der Waals surface area (Å²) in [4.78, 5) is 36.5. The number of hydrazone groups is 1. The number of hydrogen-bond acceptors (Lipinski definition) is 12. The lowest BCUT2D eigenvalue weighted by atomic mass is 9.96. The minimum Gasteiger partial charge on any atom is -0.466 e. The third-order valence-electron chi connectivity index (χ3n) is 11.2. The lowest BCUT2D eigenvalue weighted by Gasteiger charge is -2.24. The molecule has 328 valence electrons. The van der Waals surface area contributed by atoms with E-state index in [1.165, 1.54) is 22.8 Å². The molecule has 14 heteroatoms. The molecule has 1 aliphatic heterocycles. The average molecular weight is 801 g/mol. The summed E-state index contributed by atoms with van der Waals surface area (Å²) in [5.74, 6) is -0.355. The molecule has 0 atom stereocenters. The molecule has 0 unspecified atom stereocenters. The Labute approximate surface area is 337 Å². The highest BCUT2D eigenvalue weighted by atomic mass is 16.6. The molecule has 0 spiro atoms. The Morgan fingerprint density at radius 3 is 1.68 bits per heavy atom. The molecular formula is C42H80N4O10. The Morgan fingerprint density at radius 1 is 0.804 bits per heavy atom. The first-order chi connectivity index (χ1) is 25.8. The lowest BCUT2D eigenvalue weighted by molar-refractivity contribution is -0.148. The standard InChI is InChI=1S/C17H29N3O4.C9H16O3.C8H17NO.C7H14O2.CH4/c1-16(2,3)24-15(22)19(4)12-13-11-14(21)20(18-13)10-9-17(23)7-5-6-8-17;1-2-12-8(10)7-9(11)5-3-4-6-9;9-7-3-6-8(10)4-1-2-5-8;8-6-5-7(9)3-1-2-4-7;/h23H,5-12H2,1-4H3;11H,2-7H2,1H3;10H,1-7,9H2;8-9H,1-6H2;1H4. The number of rotatable bonds is 13. The number of esters is 1. The van der Waals surface area contributed by atoms with Gasteiger partial charge in [-0.25, -0.2) is 9.80 Å². The average Bonchev–Trinajstić information content (AvgIpc) is 3.95. The fourth-order valence-electron chi connectivity index (χ4n) is 7.96.